The van der Waals surface area contributed by atoms with Crippen LogP contribution < -0.4 is 0 Å². The third kappa shape index (κ3) is 4.26. The summed E-state index contributed by atoms with van der Waals surface area (Å²) in [4.78, 5) is 25.7. The van der Waals surface area contributed by atoms with Crippen molar-refractivity contribution in [2.45, 2.75) is 0 Å². The van der Waals surface area contributed by atoms with Gasteiger partial charge in [-0.15, -0.1) is 0 Å². The van der Waals surface area contributed by atoms with Gasteiger partial charge in [-0.3, -0.25) is 19.9 Å². The molecule has 0 spiro atoms. The van der Waals surface area contributed by atoms with Crippen molar-refractivity contribution in [2.24, 2.45) is 0 Å². The maximum atomic E-state index is 4.53. The largest absolute Gasteiger partial charge is 0.354 e. The molecule has 0 radical (unpaired) electrons. The van der Waals surface area contributed by atoms with Crippen molar-refractivity contribution in [3.63, 3.8) is 0 Å². The Morgan fingerprint density at radius 1 is 0.347 bits per heavy atom. The van der Waals surface area contributed by atoms with Gasteiger partial charge in [-0.25, -0.2) is 14.2 Å². The predicted octanol–water partition coefficient (Wildman–Crippen LogP) is 9.01. The molecule has 10 aromatic heterocycles. The number of pyridine rings is 4. The van der Waals surface area contributed by atoms with E-state index >= 15 is 0 Å². The number of nitrogens with one attached hydrogen (secondary N) is 3. The minimum atomic E-state index is 0.962. The average molecular weight is 634 g/mol. The number of aromatic nitrogens is 9. The zero-order valence-corrected chi connectivity index (χ0v) is 26.0. The van der Waals surface area contributed by atoms with Crippen LogP contribution in [-0.4, -0.2) is 44.1 Å². The van der Waals surface area contributed by atoms with E-state index in [0.29, 0.717) is 0 Å². The second-order valence-corrected chi connectivity index (χ2v) is 12.0. The zero-order valence-electron chi connectivity index (χ0n) is 26.0. The summed E-state index contributed by atoms with van der Waals surface area (Å²) >= 11 is 0. The van der Waals surface area contributed by atoms with Gasteiger partial charge in [-0.2, -0.15) is 0 Å². The third-order valence-electron chi connectivity index (χ3n) is 9.24. The van der Waals surface area contributed by atoms with Crippen LogP contribution in [0.1, 0.15) is 0 Å². The maximum Gasteiger partial charge on any atom is 0.0746 e. The van der Waals surface area contributed by atoms with E-state index in [-0.39, 0.29) is 0 Å². The molecule has 9 heteroatoms. The van der Waals surface area contributed by atoms with Crippen LogP contribution >= 0.6 is 0 Å². The molecule has 6 bridgehead atoms. The van der Waals surface area contributed by atoms with Crippen molar-refractivity contribution in [1.82, 2.24) is 44.1 Å². The first kappa shape index (κ1) is 27.1. The summed E-state index contributed by atoms with van der Waals surface area (Å²) in [5.74, 6) is 0. The first-order valence-corrected chi connectivity index (χ1v) is 16.0. The summed E-state index contributed by atoms with van der Waals surface area (Å²) < 4.78 is 4.36. The molecule has 10 aromatic rings. The summed E-state index contributed by atoms with van der Waals surface area (Å²) in [6.45, 7) is 0. The van der Waals surface area contributed by atoms with E-state index in [9.17, 15) is 0 Å². The monoisotopic (exact) mass is 633 g/mol. The smallest absolute Gasteiger partial charge is 0.0746 e. The number of rotatable bonds is 4. The number of aromatic amines is 3. The lowest BCUT2D eigenvalue weighted by atomic mass is 10.1. The summed E-state index contributed by atoms with van der Waals surface area (Å²) in [5, 5.41) is 3.92. The summed E-state index contributed by atoms with van der Waals surface area (Å²) in [7, 11) is 0. The lowest BCUT2D eigenvalue weighted by Crippen LogP contribution is -2.01. The normalized spacial score (nSPS) is 11.7. The fraction of sp³-hybridized carbons (Fsp3) is 0. The van der Waals surface area contributed by atoms with Gasteiger partial charge < -0.3 is 9.97 Å². The average Bonchev–Trinajstić information content (AvgIpc) is 3.98. The second kappa shape index (κ2) is 10.8. The SMILES string of the molecule is c1cncc(-c2c3ccc([nH]3)c(-c3cccnc3)c3ccc4c(-c5cccnc5)c5ccc([nH]5)c(-c5cccnc5)c5ccc2n5[nH]n34)c1. The Bertz CT molecular complexity index is 2470. The molecule has 9 nitrogen and oxygen atoms in total. The number of hydrogen-bond donors (Lipinski definition) is 3. The van der Waals surface area contributed by atoms with Crippen molar-refractivity contribution in [3.05, 3.63) is 147 Å². The number of hydrogen-bond acceptors (Lipinski definition) is 4. The molecule has 0 amide bonds. The van der Waals surface area contributed by atoms with Crippen molar-refractivity contribution >= 4 is 44.1 Å². The fourth-order valence-electron chi connectivity index (χ4n) is 7.15. The molecule has 0 fully saturated rings. The zero-order chi connectivity index (χ0) is 32.3. The third-order valence-corrected chi connectivity index (χ3v) is 9.24. The highest BCUT2D eigenvalue weighted by molar-refractivity contribution is 6.03. The van der Waals surface area contributed by atoms with Gasteiger partial charge in [0.15, 0.2) is 0 Å². The van der Waals surface area contributed by atoms with Crippen LogP contribution in [0.4, 0.5) is 0 Å². The van der Waals surface area contributed by atoms with E-state index in [2.05, 4.69) is 117 Å². The van der Waals surface area contributed by atoms with Gasteiger partial charge in [0.25, 0.3) is 0 Å². The molecule has 0 aliphatic rings. The Morgan fingerprint density at radius 3 is 0.878 bits per heavy atom. The molecular formula is C40H27N9. The number of nitrogens with zero attached hydrogens (tertiary/aromatic N) is 6. The summed E-state index contributed by atoms with van der Waals surface area (Å²) in [6, 6.07) is 33.6. The maximum absolute atomic E-state index is 4.53. The van der Waals surface area contributed by atoms with Gasteiger partial charge >= 0.3 is 0 Å². The molecular weight excluding hydrogens is 607 g/mol. The fourth-order valence-corrected chi connectivity index (χ4v) is 7.15. The Morgan fingerprint density at radius 2 is 0.633 bits per heavy atom. The molecule has 0 atom stereocenters. The molecule has 0 aliphatic heterocycles. The number of H-pyrrole nitrogens is 3. The van der Waals surface area contributed by atoms with Crippen LogP contribution in [0, 0.1) is 0 Å². The Hall–Kier alpha value is -7.00. The predicted molar refractivity (Wildman–Crippen MR) is 194 cm³/mol. The molecule has 49 heavy (non-hydrogen) atoms. The molecule has 10 heterocycles. The molecule has 10 rings (SSSR count). The minimum absolute atomic E-state index is 0.962. The number of fused-ring (bicyclic) bond motifs is 4. The van der Waals surface area contributed by atoms with Crippen LogP contribution in [-0.2, 0) is 0 Å². The molecule has 0 aromatic carbocycles. The first-order chi connectivity index (χ1) is 24.3. The van der Waals surface area contributed by atoms with Crippen LogP contribution in [0.3, 0.4) is 0 Å². The Kier molecular flexibility index (Phi) is 5.97. The van der Waals surface area contributed by atoms with Gasteiger partial charge in [-0.1, -0.05) is 24.3 Å². The molecule has 3 N–H and O–H groups in total. The van der Waals surface area contributed by atoms with E-state index in [0.717, 1.165) is 88.6 Å². The van der Waals surface area contributed by atoms with Crippen molar-refractivity contribution < 1.29 is 0 Å². The first-order valence-electron chi connectivity index (χ1n) is 16.0. The molecule has 232 valence electrons. The topological polar surface area (TPSA) is 108 Å². The standard InChI is InChI=1S/C40H27N9/c1-5-25(21-41-17-1)37-29-9-10-30(45-29)38(26-6-2-18-42-22-26)35-15-16-36-40(28-8-4-20-44-24-28)32-12-11-31(46-32)39(27-7-3-19-43-23-27)34-14-13-33(37)48(34)47-49(35)36/h1-24,45-47H. The Labute approximate surface area is 278 Å². The highest BCUT2D eigenvalue weighted by Gasteiger charge is 2.18. The molecule has 0 unspecified atom stereocenters. The van der Waals surface area contributed by atoms with Gasteiger partial charge in [0.05, 0.1) is 22.1 Å². The highest BCUT2D eigenvalue weighted by atomic mass is 15.4. The van der Waals surface area contributed by atoms with Crippen molar-refractivity contribution in [1.29, 1.82) is 0 Å². The van der Waals surface area contributed by atoms with Crippen LogP contribution in [0.5, 0.6) is 0 Å². The minimum Gasteiger partial charge on any atom is -0.354 e. The lowest BCUT2D eigenvalue weighted by Gasteiger charge is -2.12. The molecule has 0 saturated heterocycles. The Balaban J connectivity index is 1.55. The van der Waals surface area contributed by atoms with Gasteiger partial charge in [0.1, 0.15) is 0 Å². The van der Waals surface area contributed by atoms with E-state index < -0.39 is 0 Å². The second-order valence-electron chi connectivity index (χ2n) is 12.0. The van der Waals surface area contributed by atoms with E-state index in [1.165, 1.54) is 0 Å². The van der Waals surface area contributed by atoms with Crippen molar-refractivity contribution in [2.75, 3.05) is 0 Å². The van der Waals surface area contributed by atoms with Gasteiger partial charge in [-0.05, 0) is 72.8 Å². The quantitative estimate of drug-likeness (QED) is 0.180. The van der Waals surface area contributed by atoms with E-state index in [4.69, 9.17) is 0 Å². The molecule has 0 saturated carbocycles. The van der Waals surface area contributed by atoms with Gasteiger partial charge in [0, 0.05) is 116 Å². The summed E-state index contributed by atoms with van der Waals surface area (Å²) in [6.07, 6.45) is 14.9. The highest BCUT2D eigenvalue weighted by Crippen LogP contribution is 2.38. The van der Waals surface area contributed by atoms with E-state index in [1.807, 2.05) is 49.1 Å². The van der Waals surface area contributed by atoms with E-state index in [1.54, 1.807) is 24.8 Å². The van der Waals surface area contributed by atoms with Gasteiger partial charge in [0.2, 0.25) is 0 Å². The summed E-state index contributed by atoms with van der Waals surface area (Å²) in [5.41, 5.74) is 15.7. The van der Waals surface area contributed by atoms with Crippen LogP contribution in [0.25, 0.3) is 88.6 Å². The van der Waals surface area contributed by atoms with Crippen LogP contribution in [0.2, 0.25) is 0 Å². The van der Waals surface area contributed by atoms with Crippen molar-refractivity contribution in [3.8, 4) is 44.5 Å². The van der Waals surface area contributed by atoms with Crippen LogP contribution in [0.15, 0.2) is 147 Å². The molecule has 0 aliphatic carbocycles. The lowest BCUT2D eigenvalue weighted by molar-refractivity contribution is 0.810.